The standard InChI is InChI=1S/C16H18N2O4S/c1-2-12-9-17-15(23-12)13(8-14(19)20)18-16(21)22-10-11-6-4-3-5-7-11/h3-7,9,13H,2,8,10H2,1H3,(H,18,21)(H,19,20). The number of amides is 1. The third-order valence-electron chi connectivity index (χ3n) is 3.10. The van der Waals surface area contributed by atoms with Crippen LogP contribution in [0.25, 0.3) is 0 Å². The van der Waals surface area contributed by atoms with Gasteiger partial charge in [-0.2, -0.15) is 0 Å². The number of benzene rings is 1. The maximum Gasteiger partial charge on any atom is 0.408 e. The third-order valence-corrected chi connectivity index (χ3v) is 4.36. The van der Waals surface area contributed by atoms with Gasteiger partial charge in [-0.25, -0.2) is 9.78 Å². The highest BCUT2D eigenvalue weighted by Crippen LogP contribution is 2.23. The Morgan fingerprint density at radius 1 is 1.35 bits per heavy atom. The van der Waals surface area contributed by atoms with Gasteiger partial charge in [0.15, 0.2) is 0 Å². The number of ether oxygens (including phenoxy) is 1. The van der Waals surface area contributed by atoms with Crippen LogP contribution in [0.3, 0.4) is 0 Å². The second kappa shape index (κ2) is 8.28. The molecule has 0 spiro atoms. The van der Waals surface area contributed by atoms with Crippen molar-refractivity contribution >= 4 is 23.4 Å². The Bertz CT molecular complexity index is 657. The third kappa shape index (κ3) is 5.37. The summed E-state index contributed by atoms with van der Waals surface area (Å²) in [4.78, 5) is 28.1. The van der Waals surface area contributed by atoms with E-state index in [0.717, 1.165) is 16.9 Å². The van der Waals surface area contributed by atoms with Gasteiger partial charge in [0.1, 0.15) is 11.6 Å². The smallest absolute Gasteiger partial charge is 0.408 e. The van der Waals surface area contributed by atoms with Crippen LogP contribution in [0.4, 0.5) is 4.79 Å². The molecule has 1 unspecified atom stereocenters. The van der Waals surface area contributed by atoms with Crippen LogP contribution in [0.5, 0.6) is 0 Å². The molecule has 1 heterocycles. The predicted octanol–water partition coefficient (Wildman–Crippen LogP) is 3.15. The van der Waals surface area contributed by atoms with Crippen molar-refractivity contribution in [3.8, 4) is 0 Å². The first-order valence-corrected chi connectivity index (χ1v) is 8.03. The molecular weight excluding hydrogens is 316 g/mol. The molecule has 2 N–H and O–H groups in total. The van der Waals surface area contributed by atoms with Crippen molar-refractivity contribution in [1.82, 2.24) is 10.3 Å². The maximum absolute atomic E-state index is 11.9. The number of carbonyl (C=O) groups excluding carboxylic acids is 1. The maximum atomic E-state index is 11.9. The molecule has 1 amide bonds. The summed E-state index contributed by atoms with van der Waals surface area (Å²) >= 11 is 1.39. The van der Waals surface area contributed by atoms with Crippen LogP contribution in [0.15, 0.2) is 36.5 Å². The zero-order valence-corrected chi connectivity index (χ0v) is 13.5. The summed E-state index contributed by atoms with van der Waals surface area (Å²) in [5.41, 5.74) is 0.861. The van der Waals surface area contributed by atoms with E-state index in [4.69, 9.17) is 9.84 Å². The summed E-state index contributed by atoms with van der Waals surface area (Å²) in [5.74, 6) is -1.01. The van der Waals surface area contributed by atoms with E-state index in [0.29, 0.717) is 5.01 Å². The Labute approximate surface area is 138 Å². The molecule has 1 aromatic carbocycles. The number of nitrogens with one attached hydrogen (secondary N) is 1. The van der Waals surface area contributed by atoms with E-state index in [-0.39, 0.29) is 13.0 Å². The van der Waals surface area contributed by atoms with E-state index in [1.54, 1.807) is 6.20 Å². The molecule has 0 saturated carbocycles. The Hall–Kier alpha value is -2.41. The molecule has 2 aromatic rings. The number of aliphatic carboxylic acids is 1. The molecule has 0 radical (unpaired) electrons. The molecule has 6 nitrogen and oxygen atoms in total. The normalized spacial score (nSPS) is 11.7. The molecule has 7 heteroatoms. The van der Waals surface area contributed by atoms with Gasteiger partial charge in [0.25, 0.3) is 0 Å². The van der Waals surface area contributed by atoms with Crippen molar-refractivity contribution in [1.29, 1.82) is 0 Å². The van der Waals surface area contributed by atoms with E-state index in [2.05, 4.69) is 10.3 Å². The first-order chi connectivity index (χ1) is 11.1. The molecule has 0 bridgehead atoms. The number of carboxylic acids is 1. The van der Waals surface area contributed by atoms with E-state index in [9.17, 15) is 9.59 Å². The van der Waals surface area contributed by atoms with E-state index in [1.165, 1.54) is 11.3 Å². The monoisotopic (exact) mass is 334 g/mol. The molecule has 0 saturated heterocycles. The van der Waals surface area contributed by atoms with Crippen molar-refractivity contribution in [2.75, 3.05) is 0 Å². The van der Waals surface area contributed by atoms with Crippen molar-refractivity contribution < 1.29 is 19.4 Å². The molecule has 23 heavy (non-hydrogen) atoms. The van der Waals surface area contributed by atoms with Crippen molar-refractivity contribution in [2.45, 2.75) is 32.4 Å². The molecule has 2 rings (SSSR count). The number of alkyl carbamates (subject to hydrolysis) is 1. The number of hydrogen-bond donors (Lipinski definition) is 2. The number of thiazole rings is 1. The van der Waals surface area contributed by atoms with Gasteiger partial charge in [0, 0.05) is 11.1 Å². The van der Waals surface area contributed by atoms with E-state index in [1.807, 2.05) is 37.3 Å². The Morgan fingerprint density at radius 3 is 2.70 bits per heavy atom. The molecule has 0 aliphatic rings. The number of nitrogens with zero attached hydrogens (tertiary/aromatic N) is 1. The minimum absolute atomic E-state index is 0.130. The first-order valence-electron chi connectivity index (χ1n) is 7.22. The SMILES string of the molecule is CCc1cnc(C(CC(=O)O)NC(=O)OCc2ccccc2)s1. The highest BCUT2D eigenvalue weighted by Gasteiger charge is 2.22. The molecule has 122 valence electrons. The average molecular weight is 334 g/mol. The van der Waals surface area contributed by atoms with Crippen LogP contribution < -0.4 is 5.32 Å². The van der Waals surface area contributed by atoms with Crippen LogP contribution in [-0.4, -0.2) is 22.2 Å². The van der Waals surface area contributed by atoms with Gasteiger partial charge >= 0.3 is 12.1 Å². The summed E-state index contributed by atoms with van der Waals surface area (Å²) in [5, 5.41) is 12.2. The lowest BCUT2D eigenvalue weighted by Gasteiger charge is -2.14. The number of carbonyl (C=O) groups is 2. The zero-order valence-electron chi connectivity index (χ0n) is 12.7. The molecule has 1 aromatic heterocycles. The van der Waals surface area contributed by atoms with Gasteiger partial charge in [0.05, 0.1) is 12.5 Å². The van der Waals surface area contributed by atoms with E-state index < -0.39 is 18.1 Å². The number of hydrogen-bond acceptors (Lipinski definition) is 5. The van der Waals surface area contributed by atoms with Gasteiger partial charge in [0.2, 0.25) is 0 Å². The lowest BCUT2D eigenvalue weighted by atomic mass is 10.2. The molecule has 0 aliphatic carbocycles. The van der Waals surface area contributed by atoms with Gasteiger partial charge in [-0.05, 0) is 12.0 Å². The van der Waals surface area contributed by atoms with E-state index >= 15 is 0 Å². The zero-order chi connectivity index (χ0) is 16.7. The number of aryl methyl sites for hydroxylation is 1. The molecule has 0 fully saturated rings. The largest absolute Gasteiger partial charge is 0.481 e. The van der Waals surface area contributed by atoms with Gasteiger partial charge < -0.3 is 15.2 Å². The summed E-state index contributed by atoms with van der Waals surface area (Å²) in [6.45, 7) is 2.12. The quantitative estimate of drug-likeness (QED) is 0.812. The highest BCUT2D eigenvalue weighted by atomic mass is 32.1. The fourth-order valence-corrected chi connectivity index (χ4v) is 2.84. The van der Waals surface area contributed by atoms with Crippen molar-refractivity contribution in [3.63, 3.8) is 0 Å². The fraction of sp³-hybridized carbons (Fsp3) is 0.312. The minimum atomic E-state index is -1.01. The number of carboxylic acid groups (broad SMARTS) is 1. The average Bonchev–Trinajstić information content (AvgIpc) is 3.02. The van der Waals surface area contributed by atoms with Crippen LogP contribution in [0.2, 0.25) is 0 Å². The van der Waals surface area contributed by atoms with Gasteiger partial charge in [-0.3, -0.25) is 4.79 Å². The Morgan fingerprint density at radius 2 is 2.09 bits per heavy atom. The molecule has 1 atom stereocenters. The van der Waals surface area contributed by atoms with Crippen molar-refractivity contribution in [2.24, 2.45) is 0 Å². The van der Waals surface area contributed by atoms with Crippen LogP contribution in [0.1, 0.15) is 34.8 Å². The second-order valence-corrected chi connectivity index (χ2v) is 6.02. The summed E-state index contributed by atoms with van der Waals surface area (Å²) in [6, 6.07) is 8.57. The number of rotatable bonds is 7. The predicted molar refractivity (Wildman–Crippen MR) is 86.2 cm³/mol. The summed E-state index contributed by atoms with van der Waals surface area (Å²) in [6.07, 6.45) is 1.62. The van der Waals surface area contributed by atoms with Crippen LogP contribution >= 0.6 is 11.3 Å². The first kappa shape index (κ1) is 17.0. The Kier molecular flexibility index (Phi) is 6.10. The summed E-state index contributed by atoms with van der Waals surface area (Å²) < 4.78 is 5.13. The number of aromatic nitrogens is 1. The van der Waals surface area contributed by atoms with Gasteiger partial charge in [-0.1, -0.05) is 37.3 Å². The second-order valence-electron chi connectivity index (χ2n) is 4.87. The van der Waals surface area contributed by atoms with Crippen LogP contribution in [-0.2, 0) is 22.6 Å². The van der Waals surface area contributed by atoms with Gasteiger partial charge in [-0.15, -0.1) is 11.3 Å². The topological polar surface area (TPSA) is 88.5 Å². The van der Waals surface area contributed by atoms with Crippen LogP contribution in [0, 0.1) is 0 Å². The Balaban J connectivity index is 1.96. The molecular formula is C16H18N2O4S. The van der Waals surface area contributed by atoms with Crippen molar-refractivity contribution in [3.05, 3.63) is 52.0 Å². The lowest BCUT2D eigenvalue weighted by Crippen LogP contribution is -2.30. The minimum Gasteiger partial charge on any atom is -0.481 e. The molecule has 0 aliphatic heterocycles. The fourth-order valence-electron chi connectivity index (χ4n) is 1.93. The lowest BCUT2D eigenvalue weighted by molar-refractivity contribution is -0.137. The highest BCUT2D eigenvalue weighted by molar-refractivity contribution is 7.11. The summed E-state index contributed by atoms with van der Waals surface area (Å²) in [7, 11) is 0.